The highest BCUT2D eigenvalue weighted by atomic mass is 32.2. The predicted molar refractivity (Wildman–Crippen MR) is 106 cm³/mol. The fraction of sp³-hybridized carbons (Fsp3) is 0.0556. The lowest BCUT2D eigenvalue weighted by Gasteiger charge is -1.99. The van der Waals surface area contributed by atoms with E-state index in [1.165, 1.54) is 23.1 Å². The van der Waals surface area contributed by atoms with Gasteiger partial charge in [0.1, 0.15) is 11.3 Å². The van der Waals surface area contributed by atoms with Crippen molar-refractivity contribution in [2.24, 2.45) is 0 Å². The molecule has 1 amide bonds. The molecule has 0 bridgehead atoms. The molecule has 9 heteroatoms. The first-order chi connectivity index (χ1) is 13.3. The second-order valence-corrected chi connectivity index (χ2v) is 7.34. The summed E-state index contributed by atoms with van der Waals surface area (Å²) in [6, 6.07) is 19.4. The molecule has 4 rings (SSSR count). The number of para-hydroxylation sites is 1. The number of nitrogens with one attached hydrogen (secondary N) is 1. The van der Waals surface area contributed by atoms with E-state index in [-0.39, 0.29) is 11.7 Å². The van der Waals surface area contributed by atoms with Gasteiger partial charge in [-0.25, -0.2) is 9.67 Å². The van der Waals surface area contributed by atoms with Gasteiger partial charge >= 0.3 is 0 Å². The van der Waals surface area contributed by atoms with E-state index in [4.69, 9.17) is 0 Å². The zero-order chi connectivity index (χ0) is 18.5. The number of hydrogen-bond acceptors (Lipinski definition) is 7. The fourth-order valence-corrected chi connectivity index (χ4v) is 3.64. The first kappa shape index (κ1) is 17.4. The molecule has 0 unspecified atom stereocenters. The summed E-state index contributed by atoms with van der Waals surface area (Å²) < 4.78 is 1.68. The summed E-state index contributed by atoms with van der Waals surface area (Å²) in [6.07, 6.45) is 1.63. The van der Waals surface area contributed by atoms with Crippen LogP contribution in [-0.4, -0.2) is 36.6 Å². The average molecular weight is 394 g/mol. The van der Waals surface area contributed by atoms with Gasteiger partial charge in [-0.1, -0.05) is 71.6 Å². The second kappa shape index (κ2) is 8.11. The third-order valence-electron chi connectivity index (χ3n) is 3.52. The molecular formula is C18H14N6OS2. The van der Waals surface area contributed by atoms with Gasteiger partial charge in [0.15, 0.2) is 0 Å². The number of thioether (sulfide) groups is 1. The highest BCUT2D eigenvalue weighted by Gasteiger charge is 2.11. The average Bonchev–Trinajstić information content (AvgIpc) is 3.37. The number of carbonyl (C=O) groups excluding carboxylic acids is 1. The fourth-order valence-electron chi connectivity index (χ4n) is 2.28. The van der Waals surface area contributed by atoms with E-state index in [0.29, 0.717) is 10.3 Å². The molecule has 2 aromatic heterocycles. The van der Waals surface area contributed by atoms with E-state index < -0.39 is 0 Å². The number of anilines is 1. The Morgan fingerprint density at radius 1 is 1.04 bits per heavy atom. The van der Waals surface area contributed by atoms with Crippen LogP contribution in [0, 0.1) is 0 Å². The summed E-state index contributed by atoms with van der Waals surface area (Å²) >= 11 is 2.61. The molecule has 0 aliphatic rings. The molecule has 1 N–H and O–H groups in total. The molecule has 27 heavy (non-hydrogen) atoms. The molecular weight excluding hydrogens is 380 g/mol. The van der Waals surface area contributed by atoms with Crippen LogP contribution >= 0.6 is 23.1 Å². The van der Waals surface area contributed by atoms with Crippen LogP contribution in [0.2, 0.25) is 0 Å². The van der Waals surface area contributed by atoms with Crippen molar-refractivity contribution in [1.82, 2.24) is 25.0 Å². The van der Waals surface area contributed by atoms with Crippen LogP contribution in [0.3, 0.4) is 0 Å². The quantitative estimate of drug-likeness (QED) is 0.504. The van der Waals surface area contributed by atoms with E-state index in [2.05, 4.69) is 25.6 Å². The highest BCUT2D eigenvalue weighted by Crippen LogP contribution is 2.26. The van der Waals surface area contributed by atoms with Crippen molar-refractivity contribution < 1.29 is 4.79 Å². The Morgan fingerprint density at radius 3 is 2.56 bits per heavy atom. The second-order valence-electron chi connectivity index (χ2n) is 5.42. The number of nitrogens with zero attached hydrogens (tertiary/aromatic N) is 5. The van der Waals surface area contributed by atoms with E-state index in [1.54, 1.807) is 11.0 Å². The Balaban J connectivity index is 1.33. The van der Waals surface area contributed by atoms with Gasteiger partial charge in [-0.05, 0) is 12.1 Å². The molecule has 0 aliphatic heterocycles. The zero-order valence-electron chi connectivity index (χ0n) is 14.0. The monoisotopic (exact) mass is 394 g/mol. The summed E-state index contributed by atoms with van der Waals surface area (Å²) in [4.78, 5) is 16.4. The Hall–Kier alpha value is -3.04. The van der Waals surface area contributed by atoms with Crippen molar-refractivity contribution in [3.05, 3.63) is 67.0 Å². The molecule has 0 saturated heterocycles. The van der Waals surface area contributed by atoms with E-state index >= 15 is 0 Å². The minimum Gasteiger partial charge on any atom is -0.300 e. The third kappa shape index (κ3) is 4.39. The van der Waals surface area contributed by atoms with Gasteiger partial charge in [0.25, 0.3) is 0 Å². The maximum absolute atomic E-state index is 12.2. The van der Waals surface area contributed by atoms with Gasteiger partial charge in [0, 0.05) is 5.56 Å². The van der Waals surface area contributed by atoms with Crippen LogP contribution in [0.5, 0.6) is 0 Å². The lowest BCUT2D eigenvalue weighted by Crippen LogP contribution is -2.14. The molecule has 134 valence electrons. The number of rotatable bonds is 6. The van der Waals surface area contributed by atoms with Gasteiger partial charge < -0.3 is 0 Å². The SMILES string of the molecule is O=C(CSc1ncn(-c2ccccc2)n1)Nc1nnc(-c2ccccc2)s1. The molecule has 0 spiro atoms. The molecule has 7 nitrogen and oxygen atoms in total. The third-order valence-corrected chi connectivity index (χ3v) is 5.26. The van der Waals surface area contributed by atoms with E-state index in [0.717, 1.165) is 16.3 Å². The number of aromatic nitrogens is 5. The number of carbonyl (C=O) groups is 1. The molecule has 0 aliphatic carbocycles. The molecule has 0 fully saturated rings. The minimum absolute atomic E-state index is 0.174. The largest absolute Gasteiger partial charge is 0.300 e. The lowest BCUT2D eigenvalue weighted by atomic mass is 10.2. The summed E-state index contributed by atoms with van der Waals surface area (Å²) in [7, 11) is 0. The Labute approximate surface area is 163 Å². The van der Waals surface area contributed by atoms with Crippen molar-refractivity contribution in [2.45, 2.75) is 5.16 Å². The van der Waals surface area contributed by atoms with Gasteiger partial charge in [-0.2, -0.15) is 0 Å². The van der Waals surface area contributed by atoms with Crippen LogP contribution in [0.25, 0.3) is 16.3 Å². The van der Waals surface area contributed by atoms with Crippen LogP contribution < -0.4 is 5.32 Å². The lowest BCUT2D eigenvalue weighted by molar-refractivity contribution is -0.113. The number of hydrogen-bond donors (Lipinski definition) is 1. The Morgan fingerprint density at radius 2 is 1.78 bits per heavy atom. The van der Waals surface area contributed by atoms with Crippen molar-refractivity contribution in [1.29, 1.82) is 0 Å². The number of benzene rings is 2. The Bertz CT molecular complexity index is 1030. The van der Waals surface area contributed by atoms with Crippen molar-refractivity contribution in [3.8, 4) is 16.3 Å². The van der Waals surface area contributed by atoms with Gasteiger partial charge in [0.05, 0.1) is 11.4 Å². The molecule has 2 aromatic carbocycles. The first-order valence-electron chi connectivity index (χ1n) is 8.06. The molecule has 0 atom stereocenters. The van der Waals surface area contributed by atoms with Gasteiger partial charge in [-0.3, -0.25) is 10.1 Å². The molecule has 4 aromatic rings. The maximum atomic E-state index is 12.2. The van der Waals surface area contributed by atoms with Crippen LogP contribution in [0.4, 0.5) is 5.13 Å². The summed E-state index contributed by atoms with van der Waals surface area (Å²) in [5.41, 5.74) is 1.89. The summed E-state index contributed by atoms with van der Waals surface area (Å²) in [5, 5.41) is 17.0. The smallest absolute Gasteiger partial charge is 0.236 e. The molecule has 0 radical (unpaired) electrons. The first-order valence-corrected chi connectivity index (χ1v) is 9.87. The minimum atomic E-state index is -0.174. The molecule has 0 saturated carbocycles. The van der Waals surface area contributed by atoms with Gasteiger partial charge in [0.2, 0.25) is 16.2 Å². The normalized spacial score (nSPS) is 10.7. The predicted octanol–water partition coefficient (Wildman–Crippen LogP) is 3.52. The van der Waals surface area contributed by atoms with E-state index in [9.17, 15) is 4.79 Å². The van der Waals surface area contributed by atoms with Crippen molar-refractivity contribution in [3.63, 3.8) is 0 Å². The van der Waals surface area contributed by atoms with Crippen LogP contribution in [0.15, 0.2) is 72.1 Å². The standard InChI is InChI=1S/C18H14N6OS2/c25-15(20-18-22-21-16(27-18)13-7-3-1-4-8-13)11-26-17-19-12-24(23-17)14-9-5-2-6-10-14/h1-10,12H,11H2,(H,20,22,25). The Kier molecular flexibility index (Phi) is 5.22. The highest BCUT2D eigenvalue weighted by molar-refractivity contribution is 7.99. The summed E-state index contributed by atoms with van der Waals surface area (Å²) in [6.45, 7) is 0. The van der Waals surface area contributed by atoms with Crippen LogP contribution in [0.1, 0.15) is 0 Å². The van der Waals surface area contributed by atoms with Crippen LogP contribution in [-0.2, 0) is 4.79 Å². The van der Waals surface area contributed by atoms with E-state index in [1.807, 2.05) is 60.7 Å². The zero-order valence-corrected chi connectivity index (χ0v) is 15.7. The van der Waals surface area contributed by atoms with Gasteiger partial charge in [-0.15, -0.1) is 15.3 Å². The maximum Gasteiger partial charge on any atom is 0.236 e. The van der Waals surface area contributed by atoms with Crippen molar-refractivity contribution in [2.75, 3.05) is 11.1 Å². The summed E-state index contributed by atoms with van der Waals surface area (Å²) in [5.74, 6) is 0.0193. The number of amides is 1. The van der Waals surface area contributed by atoms with Crippen molar-refractivity contribution >= 4 is 34.1 Å². The topological polar surface area (TPSA) is 85.6 Å². The molecule has 2 heterocycles.